The highest BCUT2D eigenvalue weighted by molar-refractivity contribution is 5.76. The van der Waals surface area contributed by atoms with Crippen LogP contribution in [0.3, 0.4) is 0 Å². The van der Waals surface area contributed by atoms with Gasteiger partial charge in [-0.15, -0.1) is 0 Å². The quantitative estimate of drug-likeness (QED) is 0.883. The Morgan fingerprint density at radius 3 is 2.76 bits per heavy atom. The van der Waals surface area contributed by atoms with Crippen molar-refractivity contribution in [2.75, 3.05) is 0 Å². The molecule has 2 aromatic heterocycles. The Labute approximate surface area is 125 Å². The minimum atomic E-state index is -0.0140. The predicted molar refractivity (Wildman–Crippen MR) is 80.7 cm³/mol. The molecule has 0 spiro atoms. The maximum absolute atomic E-state index is 11.9. The van der Waals surface area contributed by atoms with Gasteiger partial charge < -0.3 is 5.32 Å². The van der Waals surface area contributed by atoms with Crippen LogP contribution in [0.25, 0.3) is 0 Å². The highest BCUT2D eigenvalue weighted by Gasteiger charge is 2.11. The zero-order chi connectivity index (χ0) is 15.4. The van der Waals surface area contributed by atoms with E-state index in [-0.39, 0.29) is 11.9 Å². The van der Waals surface area contributed by atoms with Gasteiger partial charge in [-0.25, -0.2) is 0 Å². The average molecular weight is 289 g/mol. The van der Waals surface area contributed by atoms with E-state index in [9.17, 15) is 4.79 Å². The summed E-state index contributed by atoms with van der Waals surface area (Å²) in [4.78, 5) is 11.9. The van der Waals surface area contributed by atoms with E-state index in [0.717, 1.165) is 29.9 Å². The summed E-state index contributed by atoms with van der Waals surface area (Å²) in [7, 11) is 1.87. The summed E-state index contributed by atoms with van der Waals surface area (Å²) in [5, 5.41) is 11.5. The van der Waals surface area contributed by atoms with Gasteiger partial charge in [0.2, 0.25) is 5.91 Å². The lowest BCUT2D eigenvalue weighted by atomic mass is 10.2. The topological polar surface area (TPSA) is 64.7 Å². The molecule has 2 aromatic rings. The van der Waals surface area contributed by atoms with E-state index in [4.69, 9.17) is 0 Å². The van der Waals surface area contributed by atoms with Gasteiger partial charge in [-0.2, -0.15) is 10.2 Å². The first kappa shape index (κ1) is 15.3. The second-order valence-electron chi connectivity index (χ2n) is 5.49. The first-order valence-electron chi connectivity index (χ1n) is 7.24. The molecule has 6 heteroatoms. The summed E-state index contributed by atoms with van der Waals surface area (Å²) >= 11 is 0. The van der Waals surface area contributed by atoms with E-state index >= 15 is 0 Å². The number of aromatic nitrogens is 4. The van der Waals surface area contributed by atoms with Crippen LogP contribution in [-0.2, 0) is 18.4 Å². The van der Waals surface area contributed by atoms with Gasteiger partial charge >= 0.3 is 0 Å². The molecular weight excluding hydrogens is 266 g/mol. The fourth-order valence-electron chi connectivity index (χ4n) is 2.35. The summed E-state index contributed by atoms with van der Waals surface area (Å²) in [6, 6.07) is 2.03. The van der Waals surface area contributed by atoms with Crippen LogP contribution < -0.4 is 5.32 Å². The predicted octanol–water partition coefficient (Wildman–Crippen LogP) is 1.89. The summed E-state index contributed by atoms with van der Waals surface area (Å²) in [5.41, 5.74) is 3.17. The molecule has 0 bridgehead atoms. The fraction of sp³-hybridized carbons (Fsp3) is 0.533. The first-order chi connectivity index (χ1) is 9.95. The number of hydrogen-bond acceptors (Lipinski definition) is 3. The van der Waals surface area contributed by atoms with E-state index in [0.29, 0.717) is 6.42 Å². The van der Waals surface area contributed by atoms with Crippen LogP contribution in [0.2, 0.25) is 0 Å². The minimum absolute atomic E-state index is 0.0140. The molecule has 0 radical (unpaired) electrons. The lowest BCUT2D eigenvalue weighted by Crippen LogP contribution is -2.26. The van der Waals surface area contributed by atoms with Crippen molar-refractivity contribution in [3.63, 3.8) is 0 Å². The Morgan fingerprint density at radius 2 is 2.19 bits per heavy atom. The highest BCUT2D eigenvalue weighted by Crippen LogP contribution is 2.11. The van der Waals surface area contributed by atoms with Crippen molar-refractivity contribution in [2.45, 2.75) is 46.2 Å². The van der Waals surface area contributed by atoms with Crippen molar-refractivity contribution in [1.82, 2.24) is 24.9 Å². The number of nitrogens with one attached hydrogen (secondary N) is 1. The maximum Gasteiger partial charge on any atom is 0.220 e. The number of carbonyl (C=O) groups is 1. The lowest BCUT2D eigenvalue weighted by molar-refractivity contribution is -0.121. The van der Waals surface area contributed by atoms with Gasteiger partial charge in [-0.05, 0) is 33.3 Å². The Kier molecular flexibility index (Phi) is 4.77. The number of carbonyl (C=O) groups excluding carboxylic acids is 1. The Morgan fingerprint density at radius 1 is 1.43 bits per heavy atom. The average Bonchev–Trinajstić information content (AvgIpc) is 2.96. The van der Waals surface area contributed by atoms with Crippen molar-refractivity contribution in [3.05, 3.63) is 35.4 Å². The first-order valence-corrected chi connectivity index (χ1v) is 7.24. The Balaban J connectivity index is 1.76. The van der Waals surface area contributed by atoms with Gasteiger partial charge in [-0.3, -0.25) is 14.2 Å². The van der Waals surface area contributed by atoms with Crippen LogP contribution >= 0.6 is 0 Å². The normalized spacial score (nSPS) is 12.4. The number of aryl methyl sites for hydroxylation is 4. The van der Waals surface area contributed by atoms with Gasteiger partial charge in [0.05, 0.1) is 17.9 Å². The Bertz CT molecular complexity index is 613. The SMILES string of the molecule is Cc1cc(C)n(CCCC(=O)NC(C)c2cnn(C)c2)n1. The van der Waals surface area contributed by atoms with Crippen molar-refractivity contribution < 1.29 is 4.79 Å². The summed E-state index contributed by atoms with van der Waals surface area (Å²) in [6.07, 6.45) is 4.98. The third-order valence-corrected chi connectivity index (χ3v) is 3.48. The molecule has 1 N–H and O–H groups in total. The molecule has 6 nitrogen and oxygen atoms in total. The number of nitrogens with zero attached hydrogens (tertiary/aromatic N) is 4. The van der Waals surface area contributed by atoms with Crippen LogP contribution in [0.4, 0.5) is 0 Å². The van der Waals surface area contributed by atoms with Gasteiger partial charge in [0.15, 0.2) is 0 Å². The molecule has 0 fully saturated rings. The molecular formula is C15H23N5O. The van der Waals surface area contributed by atoms with Gasteiger partial charge in [0.1, 0.15) is 0 Å². The van der Waals surface area contributed by atoms with Crippen LogP contribution in [0.1, 0.15) is 42.8 Å². The Hall–Kier alpha value is -2.11. The molecule has 0 aliphatic rings. The van der Waals surface area contributed by atoms with Crippen LogP contribution in [0.15, 0.2) is 18.5 Å². The second kappa shape index (κ2) is 6.56. The van der Waals surface area contributed by atoms with Crippen molar-refractivity contribution in [3.8, 4) is 0 Å². The molecule has 0 saturated heterocycles. The lowest BCUT2D eigenvalue weighted by Gasteiger charge is -2.12. The summed E-state index contributed by atoms with van der Waals surface area (Å²) in [5.74, 6) is 0.0629. The molecule has 114 valence electrons. The molecule has 0 aliphatic heterocycles. The zero-order valence-electron chi connectivity index (χ0n) is 13.1. The molecule has 2 heterocycles. The molecule has 2 rings (SSSR count). The van der Waals surface area contributed by atoms with Gasteiger partial charge in [0.25, 0.3) is 0 Å². The van der Waals surface area contributed by atoms with E-state index in [1.165, 1.54) is 0 Å². The van der Waals surface area contributed by atoms with Crippen LogP contribution in [0, 0.1) is 13.8 Å². The molecule has 1 atom stereocenters. The fourth-order valence-corrected chi connectivity index (χ4v) is 2.35. The number of amides is 1. The number of rotatable bonds is 6. The zero-order valence-corrected chi connectivity index (χ0v) is 13.1. The van der Waals surface area contributed by atoms with Gasteiger partial charge in [-0.1, -0.05) is 0 Å². The molecule has 0 aromatic carbocycles. The third kappa shape index (κ3) is 4.18. The molecule has 1 unspecified atom stereocenters. The molecule has 21 heavy (non-hydrogen) atoms. The van der Waals surface area contributed by atoms with Crippen LogP contribution in [0.5, 0.6) is 0 Å². The maximum atomic E-state index is 11.9. The third-order valence-electron chi connectivity index (χ3n) is 3.48. The van der Waals surface area contributed by atoms with Crippen LogP contribution in [-0.4, -0.2) is 25.5 Å². The standard InChI is InChI=1S/C15H23N5O/c1-11-8-12(2)20(18-11)7-5-6-15(21)17-13(3)14-9-16-19(4)10-14/h8-10,13H,5-7H2,1-4H3,(H,17,21). The second-order valence-corrected chi connectivity index (χ2v) is 5.49. The van der Waals surface area contributed by atoms with Crippen molar-refractivity contribution in [2.24, 2.45) is 7.05 Å². The highest BCUT2D eigenvalue weighted by atomic mass is 16.1. The van der Waals surface area contributed by atoms with Gasteiger partial charge in [0, 0.05) is 37.5 Å². The molecule has 0 saturated carbocycles. The van der Waals surface area contributed by atoms with E-state index in [1.54, 1.807) is 10.9 Å². The van der Waals surface area contributed by atoms with E-state index in [1.807, 2.05) is 44.8 Å². The molecule has 1 amide bonds. The minimum Gasteiger partial charge on any atom is -0.349 e. The summed E-state index contributed by atoms with van der Waals surface area (Å²) in [6.45, 7) is 6.75. The van der Waals surface area contributed by atoms with Crippen molar-refractivity contribution in [1.29, 1.82) is 0 Å². The van der Waals surface area contributed by atoms with Crippen molar-refractivity contribution >= 4 is 5.91 Å². The molecule has 0 aliphatic carbocycles. The largest absolute Gasteiger partial charge is 0.349 e. The van der Waals surface area contributed by atoms with E-state index in [2.05, 4.69) is 15.5 Å². The number of hydrogen-bond donors (Lipinski definition) is 1. The smallest absolute Gasteiger partial charge is 0.220 e. The monoisotopic (exact) mass is 289 g/mol. The summed E-state index contributed by atoms with van der Waals surface area (Å²) < 4.78 is 3.69. The van der Waals surface area contributed by atoms with E-state index < -0.39 is 0 Å².